The number of nitrogens with zero attached hydrogens (tertiary/aromatic N) is 1. The van der Waals surface area contributed by atoms with Crippen molar-refractivity contribution in [2.75, 3.05) is 6.54 Å². The minimum Gasteiger partial charge on any atom is -0.355 e. The Kier molecular flexibility index (Phi) is 7.07. The summed E-state index contributed by atoms with van der Waals surface area (Å²) in [5.41, 5.74) is 1.03. The first-order chi connectivity index (χ1) is 8.77. The molecule has 18 heavy (non-hydrogen) atoms. The first-order valence-electron chi connectivity index (χ1n) is 6.95. The Hall–Kier alpha value is -1.38. The Bertz CT molecular complexity index is 338. The molecule has 0 aliphatic carbocycles. The van der Waals surface area contributed by atoms with Crippen LogP contribution in [0.2, 0.25) is 0 Å². The van der Waals surface area contributed by atoms with Crippen molar-refractivity contribution in [1.82, 2.24) is 10.3 Å². The van der Waals surface area contributed by atoms with E-state index in [1.807, 2.05) is 18.2 Å². The lowest BCUT2D eigenvalue weighted by atomic mass is 9.98. The fraction of sp³-hybridized carbons (Fsp3) is 0.600. The Morgan fingerprint density at radius 3 is 2.83 bits per heavy atom. The topological polar surface area (TPSA) is 42.0 Å². The number of rotatable bonds is 8. The lowest BCUT2D eigenvalue weighted by Crippen LogP contribution is -2.32. The fourth-order valence-corrected chi connectivity index (χ4v) is 1.98. The van der Waals surface area contributed by atoms with Gasteiger partial charge in [-0.05, 0) is 25.0 Å². The Morgan fingerprint density at radius 1 is 1.39 bits per heavy atom. The number of pyridine rings is 1. The van der Waals surface area contributed by atoms with Crippen molar-refractivity contribution in [2.45, 2.75) is 46.0 Å². The molecule has 1 heterocycles. The Morgan fingerprint density at radius 2 is 2.22 bits per heavy atom. The quantitative estimate of drug-likeness (QED) is 0.768. The zero-order valence-corrected chi connectivity index (χ0v) is 11.5. The van der Waals surface area contributed by atoms with Gasteiger partial charge >= 0.3 is 0 Å². The van der Waals surface area contributed by atoms with E-state index in [0.29, 0.717) is 6.54 Å². The van der Waals surface area contributed by atoms with Crippen molar-refractivity contribution in [3.8, 4) is 0 Å². The number of carbonyl (C=O) groups is 1. The molecule has 1 unspecified atom stereocenters. The summed E-state index contributed by atoms with van der Waals surface area (Å²) >= 11 is 0. The zero-order chi connectivity index (χ0) is 13.2. The molecule has 3 heteroatoms. The van der Waals surface area contributed by atoms with Gasteiger partial charge in [0.05, 0.1) is 0 Å². The van der Waals surface area contributed by atoms with Gasteiger partial charge in [0, 0.05) is 30.8 Å². The minimum absolute atomic E-state index is 0.175. The normalized spacial score (nSPS) is 12.1. The molecule has 1 atom stereocenters. The molecule has 0 aliphatic rings. The van der Waals surface area contributed by atoms with Crippen LogP contribution in [0.5, 0.6) is 0 Å². The largest absolute Gasteiger partial charge is 0.355 e. The van der Waals surface area contributed by atoms with Gasteiger partial charge < -0.3 is 5.32 Å². The van der Waals surface area contributed by atoms with Crippen LogP contribution in [0.3, 0.4) is 0 Å². The maximum absolute atomic E-state index is 11.9. The third kappa shape index (κ3) is 5.30. The molecule has 0 radical (unpaired) electrons. The molecule has 1 N–H and O–H groups in total. The summed E-state index contributed by atoms with van der Waals surface area (Å²) in [5, 5.41) is 3.01. The van der Waals surface area contributed by atoms with Crippen molar-refractivity contribution in [2.24, 2.45) is 5.92 Å². The molecule has 1 aromatic rings. The van der Waals surface area contributed by atoms with Gasteiger partial charge in [-0.25, -0.2) is 0 Å². The predicted molar refractivity (Wildman–Crippen MR) is 74.3 cm³/mol. The maximum atomic E-state index is 11.9. The van der Waals surface area contributed by atoms with E-state index in [1.165, 1.54) is 0 Å². The van der Waals surface area contributed by atoms with E-state index in [0.717, 1.165) is 37.8 Å². The van der Waals surface area contributed by atoms with E-state index in [9.17, 15) is 4.79 Å². The molecule has 0 bridgehead atoms. The van der Waals surface area contributed by atoms with Gasteiger partial charge in [-0.2, -0.15) is 0 Å². The first-order valence-corrected chi connectivity index (χ1v) is 6.95. The average Bonchev–Trinajstić information content (AvgIpc) is 2.41. The van der Waals surface area contributed by atoms with Crippen LogP contribution in [0.25, 0.3) is 0 Å². The summed E-state index contributed by atoms with van der Waals surface area (Å²) < 4.78 is 0. The summed E-state index contributed by atoms with van der Waals surface area (Å²) in [6.45, 7) is 4.92. The molecule has 0 saturated carbocycles. The maximum Gasteiger partial charge on any atom is 0.223 e. The van der Waals surface area contributed by atoms with Gasteiger partial charge in [0.25, 0.3) is 0 Å². The molecule has 0 aliphatic heterocycles. The molecule has 0 saturated heterocycles. The molecule has 3 nitrogen and oxygen atoms in total. The molecule has 1 aromatic heterocycles. The Balaban J connectivity index is 2.27. The van der Waals surface area contributed by atoms with E-state index in [4.69, 9.17) is 0 Å². The third-order valence-corrected chi connectivity index (χ3v) is 3.18. The highest BCUT2D eigenvalue weighted by Gasteiger charge is 2.14. The number of amides is 1. The standard InChI is InChI=1S/C15H24N2O/c1-3-5-8-13(4-2)15(18)17-12-10-14-9-6-7-11-16-14/h6-7,9,11,13H,3-5,8,10,12H2,1-2H3,(H,17,18). The predicted octanol–water partition coefficient (Wildman–Crippen LogP) is 2.96. The van der Waals surface area contributed by atoms with Crippen LogP contribution in [-0.4, -0.2) is 17.4 Å². The number of hydrogen-bond donors (Lipinski definition) is 1. The van der Waals surface area contributed by atoms with Crippen LogP contribution in [0.15, 0.2) is 24.4 Å². The summed E-state index contributed by atoms with van der Waals surface area (Å²) in [5.74, 6) is 0.371. The molecule has 1 rings (SSSR count). The van der Waals surface area contributed by atoms with Crippen molar-refractivity contribution in [3.05, 3.63) is 30.1 Å². The van der Waals surface area contributed by atoms with E-state index in [-0.39, 0.29) is 11.8 Å². The van der Waals surface area contributed by atoms with Crippen molar-refractivity contribution in [1.29, 1.82) is 0 Å². The molecule has 0 fully saturated rings. The van der Waals surface area contributed by atoms with Gasteiger partial charge in [-0.3, -0.25) is 9.78 Å². The molecule has 0 spiro atoms. The number of nitrogens with one attached hydrogen (secondary N) is 1. The lowest BCUT2D eigenvalue weighted by Gasteiger charge is -2.14. The van der Waals surface area contributed by atoms with Crippen LogP contribution >= 0.6 is 0 Å². The van der Waals surface area contributed by atoms with Crippen LogP contribution in [0.1, 0.15) is 45.2 Å². The van der Waals surface area contributed by atoms with E-state index in [1.54, 1.807) is 6.20 Å². The van der Waals surface area contributed by atoms with Crippen LogP contribution < -0.4 is 5.32 Å². The molecular weight excluding hydrogens is 224 g/mol. The highest BCUT2D eigenvalue weighted by molar-refractivity contribution is 5.78. The van der Waals surface area contributed by atoms with Crippen molar-refractivity contribution < 1.29 is 4.79 Å². The SMILES string of the molecule is CCCCC(CC)C(=O)NCCc1ccccn1. The van der Waals surface area contributed by atoms with E-state index < -0.39 is 0 Å². The monoisotopic (exact) mass is 248 g/mol. The average molecular weight is 248 g/mol. The highest BCUT2D eigenvalue weighted by Crippen LogP contribution is 2.12. The van der Waals surface area contributed by atoms with Gasteiger partial charge in [-0.15, -0.1) is 0 Å². The lowest BCUT2D eigenvalue weighted by molar-refractivity contribution is -0.125. The molecular formula is C15H24N2O. The molecule has 1 amide bonds. The zero-order valence-electron chi connectivity index (χ0n) is 11.5. The number of carbonyl (C=O) groups excluding carboxylic acids is 1. The summed E-state index contributed by atoms with van der Waals surface area (Å²) in [4.78, 5) is 16.2. The second-order valence-electron chi connectivity index (χ2n) is 4.61. The van der Waals surface area contributed by atoms with Gasteiger partial charge in [0.15, 0.2) is 0 Å². The molecule has 100 valence electrons. The summed E-state index contributed by atoms with van der Waals surface area (Å²) in [7, 11) is 0. The second kappa shape index (κ2) is 8.67. The van der Waals surface area contributed by atoms with Crippen molar-refractivity contribution in [3.63, 3.8) is 0 Å². The van der Waals surface area contributed by atoms with Crippen molar-refractivity contribution >= 4 is 5.91 Å². The summed E-state index contributed by atoms with van der Waals surface area (Å²) in [6, 6.07) is 5.86. The van der Waals surface area contributed by atoms with Gasteiger partial charge in [-0.1, -0.05) is 32.8 Å². The smallest absolute Gasteiger partial charge is 0.223 e. The number of unbranched alkanes of at least 4 members (excludes halogenated alkanes) is 1. The fourth-order valence-electron chi connectivity index (χ4n) is 1.98. The minimum atomic E-state index is 0.175. The Labute approximate surface area is 110 Å². The van der Waals surface area contributed by atoms with Crippen LogP contribution in [0, 0.1) is 5.92 Å². The number of aromatic nitrogens is 1. The second-order valence-corrected chi connectivity index (χ2v) is 4.61. The van der Waals surface area contributed by atoms with Crippen LogP contribution in [-0.2, 0) is 11.2 Å². The first kappa shape index (κ1) is 14.7. The third-order valence-electron chi connectivity index (χ3n) is 3.18. The van der Waals surface area contributed by atoms with Gasteiger partial charge in [0.2, 0.25) is 5.91 Å². The van der Waals surface area contributed by atoms with Gasteiger partial charge in [0.1, 0.15) is 0 Å². The summed E-state index contributed by atoms with van der Waals surface area (Å²) in [6.07, 6.45) is 6.80. The van der Waals surface area contributed by atoms with Crippen LogP contribution in [0.4, 0.5) is 0 Å². The van der Waals surface area contributed by atoms with E-state index in [2.05, 4.69) is 24.1 Å². The molecule has 0 aromatic carbocycles. The highest BCUT2D eigenvalue weighted by atomic mass is 16.1. The van der Waals surface area contributed by atoms with E-state index >= 15 is 0 Å². The number of hydrogen-bond acceptors (Lipinski definition) is 2.